The van der Waals surface area contributed by atoms with E-state index in [0.717, 1.165) is 0 Å². The molecule has 0 unspecified atom stereocenters. The normalized spacial score (nSPS) is 17.2. The maximum absolute atomic E-state index is 12.4. The summed E-state index contributed by atoms with van der Waals surface area (Å²) in [6.45, 7) is 3.25. The minimum absolute atomic E-state index is 0.0201. The Hall–Kier alpha value is -2.28. The summed E-state index contributed by atoms with van der Waals surface area (Å²) in [5, 5.41) is 0. The average molecular weight is 319 g/mol. The number of piperazine rings is 1. The van der Waals surface area contributed by atoms with Crippen LogP contribution in [0.15, 0.2) is 18.2 Å². The van der Waals surface area contributed by atoms with Gasteiger partial charge in [-0.05, 0) is 18.2 Å². The van der Waals surface area contributed by atoms with Crippen molar-refractivity contribution in [2.75, 3.05) is 53.6 Å². The lowest BCUT2D eigenvalue weighted by Crippen LogP contribution is -2.52. The summed E-state index contributed by atoms with van der Waals surface area (Å²) in [6, 6.07) is 5.29. The van der Waals surface area contributed by atoms with Crippen LogP contribution in [0.3, 0.4) is 0 Å². The first-order valence-corrected chi connectivity index (χ1v) is 7.66. The molecule has 1 aromatic rings. The molecule has 0 radical (unpaired) electrons. The number of hydrogen-bond acceptors (Lipinski definition) is 5. The number of ketones is 1. The molecule has 0 aromatic heterocycles. The van der Waals surface area contributed by atoms with Crippen LogP contribution in [0.5, 0.6) is 11.5 Å². The predicted molar refractivity (Wildman–Crippen MR) is 84.0 cm³/mol. The standard InChI is InChI=1S/C16H21N3O4/c1-17(2)16(21)19-7-5-18(6-8-19)10-13(20)12-3-4-14-15(9-12)23-11-22-14/h3-4,9H,5-8,10-11H2,1-2H3. The molecule has 0 spiro atoms. The fraction of sp³-hybridized carbons (Fsp3) is 0.500. The fourth-order valence-corrected chi connectivity index (χ4v) is 2.74. The molecule has 0 saturated carbocycles. The molecule has 0 bridgehead atoms. The van der Waals surface area contributed by atoms with Crippen molar-refractivity contribution in [2.45, 2.75) is 0 Å². The van der Waals surface area contributed by atoms with Gasteiger partial charge in [-0.15, -0.1) is 0 Å². The van der Waals surface area contributed by atoms with E-state index in [4.69, 9.17) is 9.47 Å². The highest BCUT2D eigenvalue weighted by molar-refractivity contribution is 5.98. The second-order valence-electron chi connectivity index (χ2n) is 5.93. The van der Waals surface area contributed by atoms with Crippen LogP contribution in [0.2, 0.25) is 0 Å². The molecule has 0 aliphatic carbocycles. The average Bonchev–Trinajstić information content (AvgIpc) is 3.02. The molecule has 2 amide bonds. The van der Waals surface area contributed by atoms with Gasteiger partial charge in [-0.2, -0.15) is 0 Å². The monoisotopic (exact) mass is 319 g/mol. The molecule has 124 valence electrons. The Morgan fingerprint density at radius 1 is 1.09 bits per heavy atom. The minimum atomic E-state index is 0.0201. The van der Waals surface area contributed by atoms with Crippen molar-refractivity contribution in [3.63, 3.8) is 0 Å². The maximum atomic E-state index is 12.4. The number of rotatable bonds is 3. The van der Waals surface area contributed by atoms with Gasteiger partial charge in [0.1, 0.15) is 0 Å². The molecule has 1 fully saturated rings. The topological polar surface area (TPSA) is 62.3 Å². The summed E-state index contributed by atoms with van der Waals surface area (Å²) < 4.78 is 10.6. The molecular formula is C16H21N3O4. The zero-order valence-electron chi connectivity index (χ0n) is 13.4. The zero-order chi connectivity index (χ0) is 16.4. The van der Waals surface area contributed by atoms with Gasteiger partial charge in [0.15, 0.2) is 17.3 Å². The predicted octanol–water partition coefficient (Wildman–Crippen LogP) is 0.897. The smallest absolute Gasteiger partial charge is 0.319 e. The summed E-state index contributed by atoms with van der Waals surface area (Å²) in [4.78, 5) is 29.8. The summed E-state index contributed by atoms with van der Waals surface area (Å²) >= 11 is 0. The Morgan fingerprint density at radius 3 is 2.48 bits per heavy atom. The Morgan fingerprint density at radius 2 is 1.78 bits per heavy atom. The fourth-order valence-electron chi connectivity index (χ4n) is 2.74. The number of carbonyl (C=O) groups excluding carboxylic acids is 2. The van der Waals surface area contributed by atoms with Gasteiger partial charge in [0.25, 0.3) is 0 Å². The van der Waals surface area contributed by atoms with Crippen LogP contribution < -0.4 is 9.47 Å². The second-order valence-corrected chi connectivity index (χ2v) is 5.93. The van der Waals surface area contributed by atoms with E-state index in [9.17, 15) is 9.59 Å². The first kappa shape index (κ1) is 15.6. The third kappa shape index (κ3) is 3.39. The van der Waals surface area contributed by atoms with E-state index in [0.29, 0.717) is 49.8 Å². The van der Waals surface area contributed by atoms with Crippen molar-refractivity contribution < 1.29 is 19.1 Å². The molecule has 3 rings (SSSR count). The largest absolute Gasteiger partial charge is 0.454 e. The minimum Gasteiger partial charge on any atom is -0.454 e. The Bertz CT molecular complexity index is 609. The maximum Gasteiger partial charge on any atom is 0.319 e. The van der Waals surface area contributed by atoms with E-state index in [1.165, 1.54) is 0 Å². The number of urea groups is 1. The lowest BCUT2D eigenvalue weighted by atomic mass is 10.1. The van der Waals surface area contributed by atoms with Gasteiger partial charge in [-0.25, -0.2) is 4.79 Å². The summed E-state index contributed by atoms with van der Waals surface area (Å²) in [5.74, 6) is 1.35. The molecular weight excluding hydrogens is 298 g/mol. The van der Waals surface area contributed by atoms with E-state index in [1.54, 1.807) is 37.2 Å². The number of benzene rings is 1. The highest BCUT2D eigenvalue weighted by atomic mass is 16.7. The number of Topliss-reactive ketones (excluding diaryl/α,β-unsaturated/α-hetero) is 1. The molecule has 1 aromatic carbocycles. The van der Waals surface area contributed by atoms with Gasteiger partial charge in [0.2, 0.25) is 6.79 Å². The molecule has 2 aliphatic rings. The highest BCUT2D eigenvalue weighted by Crippen LogP contribution is 2.32. The van der Waals surface area contributed by atoms with E-state index in [-0.39, 0.29) is 18.6 Å². The number of amides is 2. The van der Waals surface area contributed by atoms with Gasteiger partial charge in [-0.3, -0.25) is 9.69 Å². The summed E-state index contributed by atoms with van der Waals surface area (Å²) in [6.07, 6.45) is 0. The molecule has 0 N–H and O–H groups in total. The van der Waals surface area contributed by atoms with Crippen molar-refractivity contribution in [3.8, 4) is 11.5 Å². The number of carbonyl (C=O) groups is 2. The summed E-state index contributed by atoms with van der Waals surface area (Å²) in [7, 11) is 3.50. The SMILES string of the molecule is CN(C)C(=O)N1CCN(CC(=O)c2ccc3c(c2)OCO3)CC1. The van der Waals surface area contributed by atoms with Crippen LogP contribution in [-0.2, 0) is 0 Å². The lowest BCUT2D eigenvalue weighted by molar-refractivity contribution is 0.0863. The number of hydrogen-bond donors (Lipinski definition) is 0. The van der Waals surface area contributed by atoms with Gasteiger partial charge in [0, 0.05) is 45.8 Å². The van der Waals surface area contributed by atoms with Gasteiger partial charge in [0.05, 0.1) is 6.54 Å². The lowest BCUT2D eigenvalue weighted by Gasteiger charge is -2.35. The second kappa shape index (κ2) is 6.45. The van der Waals surface area contributed by atoms with Crippen molar-refractivity contribution in [3.05, 3.63) is 23.8 Å². The quantitative estimate of drug-likeness (QED) is 0.775. The molecule has 2 aliphatic heterocycles. The van der Waals surface area contributed by atoms with Crippen LogP contribution in [-0.4, -0.2) is 80.1 Å². The number of ether oxygens (including phenoxy) is 2. The van der Waals surface area contributed by atoms with Crippen LogP contribution in [0.4, 0.5) is 4.79 Å². The Labute approximate surface area is 135 Å². The first-order chi connectivity index (χ1) is 11.0. The van der Waals surface area contributed by atoms with Gasteiger partial charge in [-0.1, -0.05) is 0 Å². The van der Waals surface area contributed by atoms with E-state index in [1.807, 2.05) is 4.90 Å². The molecule has 23 heavy (non-hydrogen) atoms. The zero-order valence-corrected chi connectivity index (χ0v) is 13.4. The van der Waals surface area contributed by atoms with Crippen molar-refractivity contribution in [1.82, 2.24) is 14.7 Å². The number of nitrogens with zero attached hydrogens (tertiary/aromatic N) is 3. The van der Waals surface area contributed by atoms with Crippen LogP contribution in [0.25, 0.3) is 0 Å². The van der Waals surface area contributed by atoms with E-state index in [2.05, 4.69) is 4.90 Å². The van der Waals surface area contributed by atoms with Crippen LogP contribution in [0.1, 0.15) is 10.4 Å². The van der Waals surface area contributed by atoms with Crippen molar-refractivity contribution in [2.24, 2.45) is 0 Å². The van der Waals surface area contributed by atoms with Gasteiger partial charge < -0.3 is 19.3 Å². The molecule has 7 nitrogen and oxygen atoms in total. The molecule has 7 heteroatoms. The van der Waals surface area contributed by atoms with E-state index >= 15 is 0 Å². The first-order valence-electron chi connectivity index (χ1n) is 7.66. The summed E-state index contributed by atoms with van der Waals surface area (Å²) in [5.41, 5.74) is 0.626. The highest BCUT2D eigenvalue weighted by Gasteiger charge is 2.24. The third-order valence-electron chi connectivity index (χ3n) is 4.09. The van der Waals surface area contributed by atoms with Gasteiger partial charge >= 0.3 is 6.03 Å². The molecule has 0 atom stereocenters. The molecule has 2 heterocycles. The Balaban J connectivity index is 1.54. The van der Waals surface area contributed by atoms with E-state index < -0.39 is 0 Å². The van der Waals surface area contributed by atoms with Crippen molar-refractivity contribution in [1.29, 1.82) is 0 Å². The number of fused-ring (bicyclic) bond motifs is 1. The van der Waals surface area contributed by atoms with Crippen LogP contribution in [0, 0.1) is 0 Å². The third-order valence-corrected chi connectivity index (χ3v) is 4.09. The Kier molecular flexibility index (Phi) is 4.38. The van der Waals surface area contributed by atoms with Crippen LogP contribution >= 0.6 is 0 Å². The molecule has 1 saturated heterocycles. The van der Waals surface area contributed by atoms with Crippen molar-refractivity contribution >= 4 is 11.8 Å².